The Morgan fingerprint density at radius 1 is 1.00 bits per heavy atom. The molecule has 3 rings (SSSR count). The third kappa shape index (κ3) is 7.31. The average molecular weight is 557 g/mol. The minimum atomic E-state index is -0.297. The van der Waals surface area contributed by atoms with Crippen molar-refractivity contribution in [3.63, 3.8) is 0 Å². The number of halogens is 1. The number of nitrogens with one attached hydrogen (secondary N) is 2. The number of hydrazone groups is 1. The van der Waals surface area contributed by atoms with Crippen LogP contribution in [0.4, 0.5) is 5.69 Å². The predicted molar refractivity (Wildman–Crippen MR) is 137 cm³/mol. The van der Waals surface area contributed by atoms with Gasteiger partial charge in [0.05, 0.1) is 12.8 Å². The van der Waals surface area contributed by atoms with Crippen molar-refractivity contribution >= 4 is 46.3 Å². The quantitative estimate of drug-likeness (QED) is 0.225. The van der Waals surface area contributed by atoms with Gasteiger partial charge in [-0.25, -0.2) is 5.43 Å². The van der Waals surface area contributed by atoms with E-state index in [1.54, 1.807) is 30.3 Å². The molecular weight excluding hydrogens is 533 g/mol. The smallest absolute Gasteiger partial charge is 0.271 e. The van der Waals surface area contributed by atoms with Gasteiger partial charge in [0.1, 0.15) is 0 Å². The highest BCUT2D eigenvalue weighted by Crippen LogP contribution is 2.28. The Bertz CT molecular complexity index is 1160. The van der Waals surface area contributed by atoms with Crippen molar-refractivity contribution in [2.24, 2.45) is 5.10 Å². The lowest BCUT2D eigenvalue weighted by Gasteiger charge is -2.13. The number of rotatable bonds is 9. The van der Waals surface area contributed by atoms with E-state index in [-0.39, 0.29) is 18.4 Å². The Balaban J connectivity index is 1.61. The van der Waals surface area contributed by atoms with E-state index in [2.05, 4.69) is 38.4 Å². The summed E-state index contributed by atoms with van der Waals surface area (Å²) in [6.45, 7) is 4.05. The minimum Gasteiger partial charge on any atom is -0.490 e. The molecule has 0 spiro atoms. The number of hydrogen-bond acceptors (Lipinski definition) is 5. The summed E-state index contributed by atoms with van der Waals surface area (Å²) >= 11 is 2.15. The van der Waals surface area contributed by atoms with Gasteiger partial charge in [-0.3, -0.25) is 9.59 Å². The zero-order valence-electron chi connectivity index (χ0n) is 18.3. The topological polar surface area (TPSA) is 89.0 Å². The Morgan fingerprint density at radius 3 is 2.58 bits per heavy atom. The van der Waals surface area contributed by atoms with Gasteiger partial charge < -0.3 is 14.8 Å². The first-order valence-electron chi connectivity index (χ1n) is 10.3. The molecule has 0 saturated heterocycles. The second-order valence-electron chi connectivity index (χ2n) is 7.00. The molecule has 0 radical (unpaired) electrons. The van der Waals surface area contributed by atoms with Gasteiger partial charge in [0.25, 0.3) is 11.8 Å². The molecule has 0 aliphatic rings. The van der Waals surface area contributed by atoms with Gasteiger partial charge in [0.2, 0.25) is 0 Å². The Kier molecular flexibility index (Phi) is 8.82. The molecule has 33 heavy (non-hydrogen) atoms. The number of ether oxygens (including phenoxy) is 2. The number of para-hydroxylation sites is 1. The number of amides is 2. The normalized spacial score (nSPS) is 10.6. The van der Waals surface area contributed by atoms with Gasteiger partial charge in [-0.05, 0) is 90.0 Å². The molecule has 0 atom stereocenters. The van der Waals surface area contributed by atoms with Crippen LogP contribution in [0.3, 0.4) is 0 Å². The van der Waals surface area contributed by atoms with Gasteiger partial charge >= 0.3 is 0 Å². The Morgan fingerprint density at radius 2 is 1.82 bits per heavy atom. The Hall–Kier alpha value is -3.40. The summed E-state index contributed by atoms with van der Waals surface area (Å²) in [7, 11) is 0. The summed E-state index contributed by atoms with van der Waals surface area (Å²) < 4.78 is 12.3. The van der Waals surface area contributed by atoms with Gasteiger partial charge in [-0.2, -0.15) is 5.10 Å². The predicted octanol–water partition coefficient (Wildman–Crippen LogP) is 4.78. The maximum atomic E-state index is 12.3. The fourth-order valence-corrected chi connectivity index (χ4v) is 3.44. The van der Waals surface area contributed by atoms with Crippen LogP contribution >= 0.6 is 22.6 Å². The van der Waals surface area contributed by atoms with Crippen LogP contribution in [0.2, 0.25) is 0 Å². The molecule has 0 aromatic heterocycles. The third-order valence-electron chi connectivity index (χ3n) is 4.51. The number of nitrogens with zero attached hydrogens (tertiary/aromatic N) is 1. The number of anilines is 1. The van der Waals surface area contributed by atoms with E-state index in [4.69, 9.17) is 9.47 Å². The highest BCUT2D eigenvalue weighted by atomic mass is 127. The lowest BCUT2D eigenvalue weighted by atomic mass is 10.2. The number of benzene rings is 3. The third-order valence-corrected chi connectivity index (χ3v) is 5.18. The van der Waals surface area contributed by atoms with Crippen molar-refractivity contribution in [1.29, 1.82) is 0 Å². The van der Waals surface area contributed by atoms with Crippen molar-refractivity contribution < 1.29 is 19.1 Å². The number of carbonyl (C=O) groups is 2. The van der Waals surface area contributed by atoms with E-state index in [9.17, 15) is 9.59 Å². The lowest BCUT2D eigenvalue weighted by molar-refractivity contribution is -0.118. The molecule has 0 aliphatic heterocycles. The second-order valence-corrected chi connectivity index (χ2v) is 8.25. The van der Waals surface area contributed by atoms with E-state index in [0.717, 1.165) is 14.8 Å². The SMILES string of the molecule is CCOc1cc(/C=N\NC(=O)c2cccc(I)c2)ccc1OCC(=O)Nc1ccccc1C. The molecule has 0 bridgehead atoms. The molecule has 170 valence electrons. The van der Waals surface area contributed by atoms with E-state index in [1.165, 1.54) is 6.21 Å². The summed E-state index contributed by atoms with van der Waals surface area (Å²) in [4.78, 5) is 24.5. The van der Waals surface area contributed by atoms with Gasteiger partial charge in [-0.15, -0.1) is 0 Å². The van der Waals surface area contributed by atoms with Gasteiger partial charge in [0, 0.05) is 14.8 Å². The molecule has 7 nitrogen and oxygen atoms in total. The zero-order valence-corrected chi connectivity index (χ0v) is 20.5. The van der Waals surface area contributed by atoms with Crippen LogP contribution in [-0.4, -0.2) is 31.2 Å². The summed E-state index contributed by atoms with van der Waals surface area (Å²) in [6, 6.07) is 20.0. The lowest BCUT2D eigenvalue weighted by Crippen LogP contribution is -2.20. The number of hydrogen-bond donors (Lipinski definition) is 2. The fraction of sp³-hybridized carbons (Fsp3) is 0.160. The largest absolute Gasteiger partial charge is 0.490 e. The molecule has 0 aliphatic carbocycles. The van der Waals surface area contributed by atoms with Crippen LogP contribution in [-0.2, 0) is 4.79 Å². The van der Waals surface area contributed by atoms with Gasteiger partial charge in [-0.1, -0.05) is 24.3 Å². The van der Waals surface area contributed by atoms with Gasteiger partial charge in [0.15, 0.2) is 18.1 Å². The fourth-order valence-electron chi connectivity index (χ4n) is 2.89. The molecule has 0 heterocycles. The van der Waals surface area contributed by atoms with Crippen LogP contribution < -0.4 is 20.2 Å². The van der Waals surface area contributed by atoms with E-state index in [0.29, 0.717) is 29.2 Å². The van der Waals surface area contributed by atoms with Crippen LogP contribution in [0.25, 0.3) is 0 Å². The molecule has 3 aromatic rings. The Labute approximate surface area is 206 Å². The zero-order chi connectivity index (χ0) is 23.6. The maximum Gasteiger partial charge on any atom is 0.271 e. The molecule has 0 fully saturated rings. The first kappa shape index (κ1) is 24.2. The molecule has 2 N–H and O–H groups in total. The van der Waals surface area contributed by atoms with Crippen LogP contribution in [0.1, 0.15) is 28.4 Å². The number of aryl methyl sites for hydroxylation is 1. The molecule has 0 unspecified atom stereocenters. The monoisotopic (exact) mass is 557 g/mol. The minimum absolute atomic E-state index is 0.159. The second kappa shape index (κ2) is 12.0. The van der Waals surface area contributed by atoms with Crippen LogP contribution in [0.15, 0.2) is 71.8 Å². The first-order valence-corrected chi connectivity index (χ1v) is 11.4. The van der Waals surface area contributed by atoms with Crippen molar-refractivity contribution in [1.82, 2.24) is 5.43 Å². The van der Waals surface area contributed by atoms with Crippen LogP contribution in [0, 0.1) is 10.5 Å². The molecule has 0 saturated carbocycles. The van der Waals surface area contributed by atoms with Crippen LogP contribution in [0.5, 0.6) is 11.5 Å². The highest BCUT2D eigenvalue weighted by molar-refractivity contribution is 14.1. The average Bonchev–Trinajstić information content (AvgIpc) is 2.80. The summed E-state index contributed by atoms with van der Waals surface area (Å²) in [5, 5.41) is 6.85. The molecule has 3 aromatic carbocycles. The van der Waals surface area contributed by atoms with Crippen molar-refractivity contribution in [2.75, 3.05) is 18.5 Å². The standard InChI is InChI=1S/C25H24IN3O4/c1-3-32-23-13-18(15-27-29-25(31)19-8-6-9-20(26)14-19)11-12-22(23)33-16-24(30)28-21-10-5-4-7-17(21)2/h4-15H,3,16H2,1-2H3,(H,28,30)(H,29,31)/b27-15-. The highest BCUT2D eigenvalue weighted by Gasteiger charge is 2.10. The molecule has 2 amide bonds. The summed E-state index contributed by atoms with van der Waals surface area (Å²) in [5.74, 6) is 0.357. The summed E-state index contributed by atoms with van der Waals surface area (Å²) in [6.07, 6.45) is 1.52. The van der Waals surface area contributed by atoms with Crippen molar-refractivity contribution in [3.05, 3.63) is 87.0 Å². The number of carbonyl (C=O) groups excluding carboxylic acids is 2. The first-order chi connectivity index (χ1) is 16.0. The van der Waals surface area contributed by atoms with E-state index >= 15 is 0 Å². The summed E-state index contributed by atoms with van der Waals surface area (Å²) in [5.41, 5.74) is 5.46. The molecule has 8 heteroatoms. The van der Waals surface area contributed by atoms with Crippen molar-refractivity contribution in [2.45, 2.75) is 13.8 Å². The molecular formula is C25H24IN3O4. The van der Waals surface area contributed by atoms with E-state index in [1.807, 2.05) is 50.2 Å². The van der Waals surface area contributed by atoms with E-state index < -0.39 is 0 Å². The maximum absolute atomic E-state index is 12.3. The van der Waals surface area contributed by atoms with Crippen molar-refractivity contribution in [3.8, 4) is 11.5 Å².